The Labute approximate surface area is 56.2 Å². The van der Waals surface area contributed by atoms with E-state index in [-0.39, 0.29) is 0 Å². The zero-order valence-electron chi connectivity index (χ0n) is 6.02. The lowest BCUT2D eigenvalue weighted by Crippen LogP contribution is -2.03. The molecule has 2 heteroatoms. The number of rotatable bonds is 3. The maximum Gasteiger partial charge on any atom is 0.306 e. The monoisotopic (exact) mass is 129 g/mol. The molecular weight excluding hydrogens is 116 g/mol. The summed E-state index contributed by atoms with van der Waals surface area (Å²) in [5, 5.41) is 0. The fourth-order valence-corrected chi connectivity index (χ4v) is 0.408. The highest BCUT2D eigenvalue weighted by Crippen LogP contribution is 1.98. The van der Waals surface area contributed by atoms with Gasteiger partial charge in [0.25, 0.3) is 0 Å². The van der Waals surface area contributed by atoms with Crippen LogP contribution in [0.2, 0.25) is 0 Å². The highest BCUT2D eigenvalue weighted by Gasteiger charge is 1.95. The Morgan fingerprint density at radius 1 is 1.67 bits per heavy atom. The average Bonchev–Trinajstić information content (AvgIpc) is 1.63. The van der Waals surface area contributed by atoms with Crippen molar-refractivity contribution in [2.75, 3.05) is 6.61 Å². The van der Waals surface area contributed by atoms with Gasteiger partial charge in [-0.05, 0) is 12.3 Å². The van der Waals surface area contributed by atoms with Gasteiger partial charge >= 0.3 is 5.97 Å². The highest BCUT2D eigenvalue weighted by atomic mass is 16.5. The first-order valence-electron chi connectivity index (χ1n) is 3.11. The number of hydrogen-bond donors (Lipinski definition) is 0. The molecule has 0 fully saturated rings. The maximum absolute atomic E-state index is 10.1. The molecule has 0 aromatic carbocycles. The number of hydrogen-bond acceptors (Lipinski definition) is 2. The third-order valence-electron chi connectivity index (χ3n) is 0.958. The Morgan fingerprint density at radius 2 is 2.22 bits per heavy atom. The zero-order chi connectivity index (χ0) is 7.28. The van der Waals surface area contributed by atoms with Crippen LogP contribution in [0.5, 0.6) is 0 Å². The molecule has 0 amide bonds. The van der Waals surface area contributed by atoms with Crippen LogP contribution in [0.3, 0.4) is 0 Å². The fourth-order valence-electron chi connectivity index (χ4n) is 0.408. The Balaban J connectivity index is 3.01. The van der Waals surface area contributed by atoms with Crippen LogP contribution in [0.1, 0.15) is 20.3 Å². The molecule has 2 nitrogen and oxygen atoms in total. The van der Waals surface area contributed by atoms with Gasteiger partial charge in [0, 0.05) is 0 Å². The van der Waals surface area contributed by atoms with E-state index in [1.54, 1.807) is 0 Å². The molecule has 0 heterocycles. The van der Waals surface area contributed by atoms with Gasteiger partial charge < -0.3 is 4.74 Å². The summed E-state index contributed by atoms with van der Waals surface area (Å²) in [6.07, 6.45) is 0.918. The van der Waals surface area contributed by atoms with Crippen LogP contribution < -0.4 is 0 Å². The van der Waals surface area contributed by atoms with Crippen LogP contribution in [0.15, 0.2) is 0 Å². The SMILES string of the molecule is [CH2]C(=O)OCCC(C)C. The lowest BCUT2D eigenvalue weighted by atomic mass is 10.1. The summed E-state index contributed by atoms with van der Waals surface area (Å²) < 4.78 is 4.60. The van der Waals surface area contributed by atoms with Crippen molar-refractivity contribution in [2.24, 2.45) is 5.92 Å². The van der Waals surface area contributed by atoms with Gasteiger partial charge in [0.05, 0.1) is 13.5 Å². The molecule has 0 unspecified atom stereocenters. The smallest absolute Gasteiger partial charge is 0.306 e. The van der Waals surface area contributed by atoms with Crippen molar-refractivity contribution >= 4 is 5.97 Å². The predicted octanol–water partition coefficient (Wildman–Crippen LogP) is 1.41. The van der Waals surface area contributed by atoms with Crippen LogP contribution in [0.25, 0.3) is 0 Å². The molecule has 0 aliphatic rings. The molecule has 0 spiro atoms. The summed E-state index contributed by atoms with van der Waals surface area (Å²) >= 11 is 0. The van der Waals surface area contributed by atoms with Crippen LogP contribution in [-0.4, -0.2) is 12.6 Å². The summed E-state index contributed by atoms with van der Waals surface area (Å²) in [5.74, 6) is 0.153. The lowest BCUT2D eigenvalue weighted by Gasteiger charge is -2.02. The number of carbonyl (C=O) groups is 1. The summed E-state index contributed by atoms with van der Waals surface area (Å²) in [7, 11) is 0. The Bertz CT molecular complexity index is 86.9. The van der Waals surface area contributed by atoms with Gasteiger partial charge in [0.15, 0.2) is 0 Å². The molecule has 0 aliphatic heterocycles. The van der Waals surface area contributed by atoms with Gasteiger partial charge in [-0.1, -0.05) is 13.8 Å². The second kappa shape index (κ2) is 4.36. The third-order valence-corrected chi connectivity index (χ3v) is 0.958. The van der Waals surface area contributed by atoms with Gasteiger partial charge in [0.2, 0.25) is 0 Å². The molecule has 0 aromatic rings. The molecule has 0 aliphatic carbocycles. The van der Waals surface area contributed by atoms with E-state index in [4.69, 9.17) is 0 Å². The summed E-state index contributed by atoms with van der Waals surface area (Å²) in [5.41, 5.74) is 0. The van der Waals surface area contributed by atoms with Crippen molar-refractivity contribution in [1.82, 2.24) is 0 Å². The van der Waals surface area contributed by atoms with Crippen LogP contribution >= 0.6 is 0 Å². The van der Waals surface area contributed by atoms with E-state index in [9.17, 15) is 4.79 Å². The van der Waals surface area contributed by atoms with Crippen molar-refractivity contribution in [3.63, 3.8) is 0 Å². The second-order valence-corrected chi connectivity index (χ2v) is 2.40. The van der Waals surface area contributed by atoms with Gasteiger partial charge in [-0.15, -0.1) is 0 Å². The van der Waals surface area contributed by atoms with E-state index in [0.29, 0.717) is 12.5 Å². The van der Waals surface area contributed by atoms with Crippen molar-refractivity contribution in [1.29, 1.82) is 0 Å². The van der Waals surface area contributed by atoms with E-state index in [1.807, 2.05) is 0 Å². The third kappa shape index (κ3) is 7.47. The Kier molecular flexibility index (Phi) is 4.10. The molecule has 0 saturated carbocycles. The highest BCUT2D eigenvalue weighted by molar-refractivity contribution is 5.73. The molecule has 9 heavy (non-hydrogen) atoms. The maximum atomic E-state index is 10.1. The normalized spacial score (nSPS) is 9.78. The number of carbonyl (C=O) groups excluding carboxylic acids is 1. The first-order valence-corrected chi connectivity index (χ1v) is 3.11. The molecule has 0 N–H and O–H groups in total. The Morgan fingerprint density at radius 3 is 2.56 bits per heavy atom. The molecule has 0 aromatic heterocycles. The van der Waals surface area contributed by atoms with Crippen LogP contribution in [0, 0.1) is 12.8 Å². The van der Waals surface area contributed by atoms with E-state index in [0.717, 1.165) is 6.42 Å². The minimum absolute atomic E-state index is 0.435. The van der Waals surface area contributed by atoms with Gasteiger partial charge in [0.1, 0.15) is 0 Å². The van der Waals surface area contributed by atoms with Crippen LogP contribution in [0.4, 0.5) is 0 Å². The summed E-state index contributed by atoms with van der Waals surface area (Å²) in [6.45, 7) is 7.73. The molecule has 0 rings (SSSR count). The number of esters is 1. The first kappa shape index (κ1) is 8.47. The minimum atomic E-state index is -0.435. The molecule has 0 saturated heterocycles. The lowest BCUT2D eigenvalue weighted by molar-refractivity contribution is -0.138. The number of ether oxygens (including phenoxy) is 1. The summed E-state index contributed by atoms with van der Waals surface area (Å²) in [6, 6.07) is 0. The molecular formula is C7H13O2. The topological polar surface area (TPSA) is 26.3 Å². The van der Waals surface area contributed by atoms with Gasteiger partial charge in [-0.3, -0.25) is 4.79 Å². The van der Waals surface area contributed by atoms with E-state index >= 15 is 0 Å². The predicted molar refractivity (Wildman–Crippen MR) is 35.8 cm³/mol. The summed E-state index contributed by atoms with van der Waals surface area (Å²) in [4.78, 5) is 10.1. The van der Waals surface area contributed by atoms with Crippen molar-refractivity contribution in [3.8, 4) is 0 Å². The largest absolute Gasteiger partial charge is 0.466 e. The van der Waals surface area contributed by atoms with E-state index in [2.05, 4.69) is 25.5 Å². The van der Waals surface area contributed by atoms with Crippen molar-refractivity contribution in [3.05, 3.63) is 6.92 Å². The van der Waals surface area contributed by atoms with E-state index < -0.39 is 5.97 Å². The van der Waals surface area contributed by atoms with Crippen molar-refractivity contribution in [2.45, 2.75) is 20.3 Å². The van der Waals surface area contributed by atoms with E-state index in [1.165, 1.54) is 0 Å². The van der Waals surface area contributed by atoms with Crippen LogP contribution in [-0.2, 0) is 9.53 Å². The molecule has 53 valence electrons. The average molecular weight is 129 g/mol. The van der Waals surface area contributed by atoms with Crippen molar-refractivity contribution < 1.29 is 9.53 Å². The first-order chi connectivity index (χ1) is 4.13. The molecule has 0 bridgehead atoms. The quantitative estimate of drug-likeness (QED) is 0.538. The Hall–Kier alpha value is -0.530. The van der Waals surface area contributed by atoms with Gasteiger partial charge in [-0.25, -0.2) is 0 Å². The molecule has 1 radical (unpaired) electrons. The standard InChI is InChI=1S/C7H13O2/c1-6(2)4-5-9-7(3)8/h6H,3-5H2,1-2H3. The minimum Gasteiger partial charge on any atom is -0.466 e. The molecule has 0 atom stereocenters. The fraction of sp³-hybridized carbons (Fsp3) is 0.714. The van der Waals surface area contributed by atoms with Gasteiger partial charge in [-0.2, -0.15) is 0 Å². The second-order valence-electron chi connectivity index (χ2n) is 2.40. The zero-order valence-corrected chi connectivity index (χ0v) is 6.02.